The molecule has 0 aromatic rings. The third kappa shape index (κ3) is 68.6. The van der Waals surface area contributed by atoms with E-state index in [1.165, 1.54) is 173 Å². The molecule has 0 rings (SSSR count). The molecule has 558 valence electrons. The van der Waals surface area contributed by atoms with Crippen LogP contribution in [0.25, 0.3) is 0 Å². The summed E-state index contributed by atoms with van der Waals surface area (Å²) in [6.07, 6.45) is 48.6. The molecule has 0 saturated heterocycles. The number of aliphatic hydroxyl groups is 1. The molecule has 3 N–H and O–H groups in total. The Kier molecular flexibility index (Phi) is 63.1. The Morgan fingerprint density at radius 3 is 0.660 bits per heavy atom. The molecule has 17 nitrogen and oxygen atoms in total. The number of hydrogen-bond donors (Lipinski definition) is 3. The number of esters is 4. The summed E-state index contributed by atoms with van der Waals surface area (Å²) >= 11 is 0. The van der Waals surface area contributed by atoms with E-state index >= 15 is 0 Å². The number of carbonyl (C=O) groups is 4. The van der Waals surface area contributed by atoms with Gasteiger partial charge in [-0.25, -0.2) is 9.13 Å². The molecule has 5 atom stereocenters. The van der Waals surface area contributed by atoms with Crippen LogP contribution in [0.3, 0.4) is 0 Å². The topological polar surface area (TPSA) is 237 Å². The number of rotatable bonds is 72. The number of ether oxygens (including phenoxy) is 4. The van der Waals surface area contributed by atoms with E-state index in [-0.39, 0.29) is 25.7 Å². The van der Waals surface area contributed by atoms with E-state index in [4.69, 9.17) is 37.0 Å². The second-order valence-corrected chi connectivity index (χ2v) is 31.9. The zero-order valence-corrected chi connectivity index (χ0v) is 63.4. The Bertz CT molecular complexity index is 1850. The minimum atomic E-state index is -4.96. The maximum Gasteiger partial charge on any atom is 0.472 e. The Balaban J connectivity index is 5.23. The molecule has 0 fully saturated rings. The van der Waals surface area contributed by atoms with Crippen molar-refractivity contribution >= 4 is 39.5 Å². The number of unbranched alkanes of at least 4 members (excludes halogenated alkanes) is 38. The Hall–Kier alpha value is -1.94. The smallest absolute Gasteiger partial charge is 0.462 e. The van der Waals surface area contributed by atoms with Gasteiger partial charge in [0.15, 0.2) is 12.2 Å². The average Bonchev–Trinajstić information content (AvgIpc) is 2.08. The molecule has 0 heterocycles. The van der Waals surface area contributed by atoms with Crippen molar-refractivity contribution in [3.8, 4) is 0 Å². The van der Waals surface area contributed by atoms with Crippen molar-refractivity contribution in [1.82, 2.24) is 0 Å². The summed E-state index contributed by atoms with van der Waals surface area (Å²) in [6, 6.07) is 0. The number of phosphoric acid groups is 2. The lowest BCUT2D eigenvalue weighted by Crippen LogP contribution is -2.30. The number of carbonyl (C=O) groups excluding carboxylic acids is 4. The first-order chi connectivity index (χ1) is 45.1. The highest BCUT2D eigenvalue weighted by atomic mass is 31.2. The maximum absolute atomic E-state index is 13.1. The maximum atomic E-state index is 13.1. The minimum Gasteiger partial charge on any atom is -0.462 e. The third-order valence-electron chi connectivity index (χ3n) is 17.3. The van der Waals surface area contributed by atoms with Gasteiger partial charge in [0, 0.05) is 25.7 Å². The van der Waals surface area contributed by atoms with Crippen LogP contribution in [-0.4, -0.2) is 96.7 Å². The van der Waals surface area contributed by atoms with E-state index in [1.54, 1.807) is 0 Å². The number of phosphoric ester groups is 2. The molecule has 0 bridgehead atoms. The SMILES string of the molecule is CC(C)CCCCCCCCCCCCCCCCC(=O)O[C@H](COC(=O)CCCCCCCCCC(C)C)COP(=O)(O)OCC(O)COP(=O)(O)OC[C@@H](COC(=O)CCCCCCCCCCCCCCC(C)C)OC(=O)CCCCCCCCCCCC(C)C. The molecule has 19 heteroatoms. The van der Waals surface area contributed by atoms with Crippen LogP contribution in [0.4, 0.5) is 0 Å². The number of aliphatic hydroxyl groups excluding tert-OH is 1. The Morgan fingerprint density at radius 1 is 0.266 bits per heavy atom. The van der Waals surface area contributed by atoms with E-state index in [0.717, 1.165) is 114 Å². The van der Waals surface area contributed by atoms with Crippen LogP contribution in [0.5, 0.6) is 0 Å². The fourth-order valence-corrected chi connectivity index (χ4v) is 13.0. The second-order valence-electron chi connectivity index (χ2n) is 28.9. The average molecular weight is 1380 g/mol. The van der Waals surface area contributed by atoms with E-state index in [1.807, 2.05) is 0 Å². The fourth-order valence-electron chi connectivity index (χ4n) is 11.4. The van der Waals surface area contributed by atoms with Gasteiger partial charge in [0.05, 0.1) is 26.4 Å². The molecule has 0 aliphatic heterocycles. The Morgan fingerprint density at radius 2 is 0.447 bits per heavy atom. The number of hydrogen-bond acceptors (Lipinski definition) is 15. The zero-order valence-electron chi connectivity index (χ0n) is 61.6. The van der Waals surface area contributed by atoms with Crippen molar-refractivity contribution in [3.05, 3.63) is 0 Å². The van der Waals surface area contributed by atoms with Crippen molar-refractivity contribution < 1.29 is 80.2 Å². The third-order valence-corrected chi connectivity index (χ3v) is 19.2. The predicted octanol–water partition coefficient (Wildman–Crippen LogP) is 21.7. The van der Waals surface area contributed by atoms with Gasteiger partial charge in [0.25, 0.3) is 0 Å². The molecule has 0 aliphatic rings. The van der Waals surface area contributed by atoms with Crippen LogP contribution >= 0.6 is 15.6 Å². The molecule has 0 radical (unpaired) electrons. The molecule has 0 aromatic heterocycles. The molecular weight excluding hydrogens is 1230 g/mol. The van der Waals surface area contributed by atoms with Gasteiger partial charge in [-0.15, -0.1) is 0 Å². The van der Waals surface area contributed by atoms with Crippen molar-refractivity contribution in [1.29, 1.82) is 0 Å². The van der Waals surface area contributed by atoms with Crippen molar-refractivity contribution in [2.24, 2.45) is 23.7 Å². The highest BCUT2D eigenvalue weighted by Crippen LogP contribution is 2.45. The molecule has 0 aliphatic carbocycles. The van der Waals surface area contributed by atoms with Gasteiger partial charge in [-0.3, -0.25) is 37.3 Å². The minimum absolute atomic E-state index is 0.105. The van der Waals surface area contributed by atoms with E-state index in [9.17, 15) is 43.2 Å². The summed E-state index contributed by atoms with van der Waals surface area (Å²) in [6.45, 7) is 14.1. The van der Waals surface area contributed by atoms with Crippen molar-refractivity contribution in [2.45, 2.75) is 395 Å². The molecule has 0 aromatic carbocycles. The summed E-state index contributed by atoms with van der Waals surface area (Å²) in [5, 5.41) is 10.6. The molecule has 94 heavy (non-hydrogen) atoms. The monoisotopic (exact) mass is 1380 g/mol. The summed E-state index contributed by atoms with van der Waals surface area (Å²) in [5.74, 6) is 0.895. The fraction of sp³-hybridized carbons (Fsp3) is 0.947. The van der Waals surface area contributed by atoms with Crippen molar-refractivity contribution in [2.75, 3.05) is 39.6 Å². The standard InChI is InChI=1S/C75H146O17P2/c1-65(2)51-43-35-27-20-15-11-9-10-12-18-24-32-41-49-57-74(79)91-71(62-86-73(78)56-48-40-34-26-30-38-46-54-68(7)8)64-90-94(83,84)88-60-69(76)59-87-93(81,82)89-63-70(92-75(80)58-50-42-33-25-19-22-29-37-45-53-67(5)6)61-85-72(77)55-47-39-31-23-17-14-13-16-21-28-36-44-52-66(3)4/h65-71,76H,9-64H2,1-8H3,(H,81,82)(H,83,84)/t69?,70-,71-/m1/s1. The Labute approximate surface area is 575 Å². The first kappa shape index (κ1) is 92.1. The highest BCUT2D eigenvalue weighted by molar-refractivity contribution is 7.47. The van der Waals surface area contributed by atoms with Crippen LogP contribution in [0.15, 0.2) is 0 Å². The van der Waals surface area contributed by atoms with Crippen LogP contribution in [-0.2, 0) is 65.4 Å². The highest BCUT2D eigenvalue weighted by Gasteiger charge is 2.30. The van der Waals surface area contributed by atoms with Gasteiger partial charge in [0.1, 0.15) is 19.3 Å². The lowest BCUT2D eigenvalue weighted by atomic mass is 10.0. The van der Waals surface area contributed by atoms with Crippen LogP contribution in [0.1, 0.15) is 376 Å². The predicted molar refractivity (Wildman–Crippen MR) is 381 cm³/mol. The summed E-state index contributed by atoms with van der Waals surface area (Å²) < 4.78 is 68.5. The molecule has 0 spiro atoms. The normalized spacial score (nSPS) is 14.2. The van der Waals surface area contributed by atoms with Crippen LogP contribution in [0, 0.1) is 23.7 Å². The lowest BCUT2D eigenvalue weighted by Gasteiger charge is -2.21. The van der Waals surface area contributed by atoms with E-state index in [0.29, 0.717) is 31.6 Å². The van der Waals surface area contributed by atoms with Gasteiger partial charge in [-0.2, -0.15) is 0 Å². The van der Waals surface area contributed by atoms with Gasteiger partial charge in [-0.1, -0.05) is 325 Å². The molecule has 0 saturated carbocycles. The quantitative estimate of drug-likeness (QED) is 0.0222. The van der Waals surface area contributed by atoms with Gasteiger partial charge >= 0.3 is 39.5 Å². The summed E-state index contributed by atoms with van der Waals surface area (Å²) in [4.78, 5) is 72.8. The largest absolute Gasteiger partial charge is 0.472 e. The second kappa shape index (κ2) is 64.4. The lowest BCUT2D eigenvalue weighted by molar-refractivity contribution is -0.161. The van der Waals surface area contributed by atoms with Gasteiger partial charge < -0.3 is 33.8 Å². The van der Waals surface area contributed by atoms with Crippen LogP contribution in [0.2, 0.25) is 0 Å². The van der Waals surface area contributed by atoms with Gasteiger partial charge in [-0.05, 0) is 49.4 Å². The first-order valence-corrected chi connectivity index (χ1v) is 41.7. The van der Waals surface area contributed by atoms with Gasteiger partial charge in [0.2, 0.25) is 0 Å². The van der Waals surface area contributed by atoms with E-state index < -0.39 is 97.5 Å². The summed E-state index contributed by atoms with van der Waals surface area (Å²) in [7, 11) is -9.91. The van der Waals surface area contributed by atoms with E-state index in [2.05, 4.69) is 55.4 Å². The molecule has 0 amide bonds. The van der Waals surface area contributed by atoms with Crippen LogP contribution < -0.4 is 0 Å². The summed E-state index contributed by atoms with van der Waals surface area (Å²) in [5.41, 5.74) is 0. The molecule has 3 unspecified atom stereocenters. The zero-order chi connectivity index (χ0) is 69.6. The molecular formula is C75H146O17P2. The first-order valence-electron chi connectivity index (χ1n) is 38.7. The van der Waals surface area contributed by atoms with Crippen molar-refractivity contribution in [3.63, 3.8) is 0 Å².